The largest absolute Gasteiger partial charge is 0.354 e. The summed E-state index contributed by atoms with van der Waals surface area (Å²) in [5.74, 6) is 1.07. The number of hydrogen-bond donors (Lipinski definition) is 2. The standard InChI is InChI=1S/C12H22N4O/c1-8(2)6-7-13-11-14-10(17)9(15-16-11)12(3,4)5/h8H,6-7H2,1-5H3,(H2,13,14,16,17). The zero-order valence-electron chi connectivity index (χ0n) is 11.3. The lowest BCUT2D eigenvalue weighted by Gasteiger charge is -2.15. The maximum atomic E-state index is 11.8. The lowest BCUT2D eigenvalue weighted by atomic mass is 9.93. The van der Waals surface area contributed by atoms with Crippen LogP contribution in [0.4, 0.5) is 5.95 Å². The van der Waals surface area contributed by atoms with Crippen LogP contribution < -0.4 is 10.9 Å². The Bertz CT molecular complexity index is 417. The number of rotatable bonds is 4. The fourth-order valence-electron chi connectivity index (χ4n) is 1.39. The van der Waals surface area contributed by atoms with Crippen molar-refractivity contribution in [2.45, 2.75) is 46.5 Å². The molecule has 2 N–H and O–H groups in total. The van der Waals surface area contributed by atoms with Crippen LogP contribution in [0.2, 0.25) is 0 Å². The van der Waals surface area contributed by atoms with E-state index in [2.05, 4.69) is 34.3 Å². The molecule has 1 aromatic rings. The number of nitrogens with one attached hydrogen (secondary N) is 2. The molecule has 0 aliphatic rings. The van der Waals surface area contributed by atoms with E-state index < -0.39 is 0 Å². The molecule has 1 rings (SSSR count). The number of anilines is 1. The van der Waals surface area contributed by atoms with Gasteiger partial charge in [0.05, 0.1) is 0 Å². The zero-order valence-corrected chi connectivity index (χ0v) is 11.3. The molecule has 0 aliphatic heterocycles. The van der Waals surface area contributed by atoms with Gasteiger partial charge in [0.2, 0.25) is 5.95 Å². The molecule has 1 aromatic heterocycles. The highest BCUT2D eigenvalue weighted by atomic mass is 16.1. The van der Waals surface area contributed by atoms with Gasteiger partial charge in [-0.05, 0) is 12.3 Å². The molecular formula is C12H22N4O. The second kappa shape index (κ2) is 5.29. The number of hydrogen-bond acceptors (Lipinski definition) is 4. The third-order valence-corrected chi connectivity index (χ3v) is 2.42. The quantitative estimate of drug-likeness (QED) is 0.840. The molecule has 0 amide bonds. The maximum absolute atomic E-state index is 11.8. The number of H-pyrrole nitrogens is 1. The van der Waals surface area contributed by atoms with Crippen LogP contribution in [0.3, 0.4) is 0 Å². The van der Waals surface area contributed by atoms with Gasteiger partial charge in [0, 0.05) is 12.0 Å². The fraction of sp³-hybridized carbons (Fsp3) is 0.750. The van der Waals surface area contributed by atoms with Gasteiger partial charge >= 0.3 is 0 Å². The predicted octanol–water partition coefficient (Wildman–Crippen LogP) is 1.92. The highest BCUT2D eigenvalue weighted by molar-refractivity contribution is 5.22. The molecule has 0 unspecified atom stereocenters. The van der Waals surface area contributed by atoms with Gasteiger partial charge in [0.15, 0.2) is 0 Å². The number of aromatic nitrogens is 3. The first-order chi connectivity index (χ1) is 7.80. The number of aromatic amines is 1. The summed E-state index contributed by atoms with van der Waals surface area (Å²) in [4.78, 5) is 14.5. The van der Waals surface area contributed by atoms with Crippen LogP contribution in [0.5, 0.6) is 0 Å². The first kappa shape index (κ1) is 13.7. The Morgan fingerprint density at radius 3 is 2.41 bits per heavy atom. The SMILES string of the molecule is CC(C)CCNc1nnc(C(C)(C)C)c(=O)[nH]1. The smallest absolute Gasteiger partial charge is 0.274 e. The molecule has 0 radical (unpaired) electrons. The lowest BCUT2D eigenvalue weighted by molar-refractivity contribution is 0.546. The van der Waals surface area contributed by atoms with Crippen LogP contribution >= 0.6 is 0 Å². The van der Waals surface area contributed by atoms with Gasteiger partial charge in [-0.25, -0.2) is 0 Å². The first-order valence-electron chi connectivity index (χ1n) is 6.02. The number of nitrogens with zero attached hydrogens (tertiary/aromatic N) is 2. The third-order valence-electron chi connectivity index (χ3n) is 2.42. The highest BCUT2D eigenvalue weighted by Gasteiger charge is 2.20. The minimum atomic E-state index is -0.281. The third kappa shape index (κ3) is 4.17. The summed E-state index contributed by atoms with van der Waals surface area (Å²) in [5, 5.41) is 11.0. The average molecular weight is 238 g/mol. The van der Waals surface area contributed by atoms with Crippen molar-refractivity contribution in [3.05, 3.63) is 16.0 Å². The van der Waals surface area contributed by atoms with Gasteiger partial charge in [-0.3, -0.25) is 9.78 Å². The summed E-state index contributed by atoms with van der Waals surface area (Å²) >= 11 is 0. The van der Waals surface area contributed by atoms with Crippen LogP contribution in [0.1, 0.15) is 46.7 Å². The second-order valence-corrected chi connectivity index (χ2v) is 5.71. The monoisotopic (exact) mass is 238 g/mol. The van der Waals surface area contributed by atoms with Crippen LogP contribution in [0, 0.1) is 5.92 Å². The Kier molecular flexibility index (Phi) is 4.26. The van der Waals surface area contributed by atoms with E-state index in [0.29, 0.717) is 17.6 Å². The Balaban J connectivity index is 2.73. The molecule has 0 atom stereocenters. The molecule has 0 spiro atoms. The molecule has 0 saturated heterocycles. The Morgan fingerprint density at radius 1 is 1.29 bits per heavy atom. The lowest BCUT2D eigenvalue weighted by Crippen LogP contribution is -2.28. The molecule has 0 bridgehead atoms. The van der Waals surface area contributed by atoms with E-state index in [0.717, 1.165) is 13.0 Å². The summed E-state index contributed by atoms with van der Waals surface area (Å²) < 4.78 is 0. The van der Waals surface area contributed by atoms with Crippen molar-refractivity contribution in [3.8, 4) is 0 Å². The zero-order chi connectivity index (χ0) is 13.1. The molecule has 0 aliphatic carbocycles. The van der Waals surface area contributed by atoms with Crippen LogP contribution in [-0.4, -0.2) is 21.7 Å². The van der Waals surface area contributed by atoms with Gasteiger partial charge in [0.1, 0.15) is 5.69 Å². The van der Waals surface area contributed by atoms with E-state index in [9.17, 15) is 4.79 Å². The normalized spacial score (nSPS) is 11.9. The van der Waals surface area contributed by atoms with Crippen LogP contribution in [0.15, 0.2) is 4.79 Å². The minimum absolute atomic E-state index is 0.167. The molecule has 0 aromatic carbocycles. The Morgan fingerprint density at radius 2 is 1.94 bits per heavy atom. The topological polar surface area (TPSA) is 70.7 Å². The highest BCUT2D eigenvalue weighted by Crippen LogP contribution is 2.15. The van der Waals surface area contributed by atoms with E-state index >= 15 is 0 Å². The molecule has 1 heterocycles. The van der Waals surface area contributed by atoms with E-state index in [1.807, 2.05) is 20.8 Å². The molecule has 96 valence electrons. The van der Waals surface area contributed by atoms with Crippen molar-refractivity contribution in [1.29, 1.82) is 0 Å². The summed E-state index contributed by atoms with van der Waals surface area (Å²) in [6.45, 7) is 10.9. The second-order valence-electron chi connectivity index (χ2n) is 5.71. The van der Waals surface area contributed by atoms with Crippen molar-refractivity contribution >= 4 is 5.95 Å². The van der Waals surface area contributed by atoms with E-state index in [-0.39, 0.29) is 11.0 Å². The first-order valence-corrected chi connectivity index (χ1v) is 6.02. The Hall–Kier alpha value is -1.39. The maximum Gasteiger partial charge on any atom is 0.274 e. The van der Waals surface area contributed by atoms with Crippen molar-refractivity contribution in [2.75, 3.05) is 11.9 Å². The van der Waals surface area contributed by atoms with Gasteiger partial charge in [-0.15, -0.1) is 10.2 Å². The fourth-order valence-corrected chi connectivity index (χ4v) is 1.39. The molecule has 0 fully saturated rings. The van der Waals surface area contributed by atoms with Crippen molar-refractivity contribution in [3.63, 3.8) is 0 Å². The van der Waals surface area contributed by atoms with Crippen LogP contribution in [-0.2, 0) is 5.41 Å². The van der Waals surface area contributed by atoms with Gasteiger partial charge in [-0.2, -0.15) is 0 Å². The molecular weight excluding hydrogens is 216 g/mol. The van der Waals surface area contributed by atoms with E-state index in [1.165, 1.54) is 0 Å². The summed E-state index contributed by atoms with van der Waals surface area (Å²) in [7, 11) is 0. The van der Waals surface area contributed by atoms with E-state index in [1.54, 1.807) is 0 Å². The Labute approximate surface area is 102 Å². The average Bonchev–Trinajstić information content (AvgIpc) is 2.14. The molecule has 17 heavy (non-hydrogen) atoms. The minimum Gasteiger partial charge on any atom is -0.354 e. The van der Waals surface area contributed by atoms with Crippen molar-refractivity contribution in [1.82, 2.24) is 15.2 Å². The van der Waals surface area contributed by atoms with Gasteiger partial charge < -0.3 is 5.32 Å². The van der Waals surface area contributed by atoms with E-state index in [4.69, 9.17) is 0 Å². The van der Waals surface area contributed by atoms with Crippen LogP contribution in [0.25, 0.3) is 0 Å². The molecule has 5 heteroatoms. The van der Waals surface area contributed by atoms with Crippen molar-refractivity contribution < 1.29 is 0 Å². The summed E-state index contributed by atoms with van der Waals surface area (Å²) in [5.41, 5.74) is 0.0169. The van der Waals surface area contributed by atoms with Gasteiger partial charge in [-0.1, -0.05) is 34.6 Å². The molecule has 0 saturated carbocycles. The summed E-state index contributed by atoms with van der Waals surface area (Å²) in [6.07, 6.45) is 1.03. The van der Waals surface area contributed by atoms with Crippen molar-refractivity contribution in [2.24, 2.45) is 5.92 Å². The summed E-state index contributed by atoms with van der Waals surface area (Å²) in [6, 6.07) is 0. The molecule has 5 nitrogen and oxygen atoms in total. The predicted molar refractivity (Wildman–Crippen MR) is 69.3 cm³/mol. The van der Waals surface area contributed by atoms with Gasteiger partial charge in [0.25, 0.3) is 5.56 Å².